The number of thioether (sulfide) groups is 1. The number of aliphatic hydroxyl groups excluding tert-OH is 4. The molecule has 0 amide bonds. The van der Waals surface area contributed by atoms with Crippen molar-refractivity contribution in [3.05, 3.63) is 0 Å². The lowest BCUT2D eigenvalue weighted by atomic mass is 10.0. The zero-order valence-corrected chi connectivity index (χ0v) is 16.7. The third kappa shape index (κ3) is 9.01. The maximum absolute atomic E-state index is 11.1. The molecule has 160 valence electrons. The second kappa shape index (κ2) is 10.3. The van der Waals surface area contributed by atoms with Gasteiger partial charge in [0.1, 0.15) is 44.7 Å². The quantitative estimate of drug-likeness (QED) is 0.0717. The monoisotopic (exact) mass is 452 g/mol. The van der Waals surface area contributed by atoms with Crippen LogP contribution in [-0.4, -0.2) is 95.3 Å². The molecule has 0 spiro atoms. The summed E-state index contributed by atoms with van der Waals surface area (Å²) in [6.07, 6.45) is -4.52. The van der Waals surface area contributed by atoms with Crippen molar-refractivity contribution in [3.8, 4) is 0 Å². The molecule has 0 unspecified atom stereocenters. The van der Waals surface area contributed by atoms with Gasteiger partial charge in [-0.15, -0.1) is 0 Å². The molecule has 1 heterocycles. The molecule has 5 atom stereocenters. The summed E-state index contributed by atoms with van der Waals surface area (Å²) in [5.74, 6) is -0.119. The molecular formula is C12H22NO11S3-. The van der Waals surface area contributed by atoms with Gasteiger partial charge < -0.3 is 29.7 Å². The van der Waals surface area contributed by atoms with Gasteiger partial charge in [0.05, 0.1) is 6.61 Å². The highest BCUT2D eigenvalue weighted by atomic mass is 32.3. The van der Waals surface area contributed by atoms with Crippen LogP contribution in [0.25, 0.3) is 0 Å². The van der Waals surface area contributed by atoms with Crippen molar-refractivity contribution in [2.45, 2.75) is 49.1 Å². The zero-order chi connectivity index (χ0) is 20.8. The first-order valence-electron chi connectivity index (χ1n) is 7.70. The fourth-order valence-electron chi connectivity index (χ4n) is 2.15. The summed E-state index contributed by atoms with van der Waals surface area (Å²) in [5, 5.41) is 41.7. The Morgan fingerprint density at radius 1 is 1.15 bits per heavy atom. The van der Waals surface area contributed by atoms with E-state index in [0.717, 1.165) is 6.26 Å². The fraction of sp³-hybridized carbons (Fsp3) is 0.917. The minimum Gasteiger partial charge on any atom is -0.714 e. The van der Waals surface area contributed by atoms with Crippen LogP contribution in [0.3, 0.4) is 0 Å². The average molecular weight is 453 g/mol. The van der Waals surface area contributed by atoms with E-state index in [1.807, 2.05) is 0 Å². The smallest absolute Gasteiger partial charge is 0.284 e. The van der Waals surface area contributed by atoms with Crippen LogP contribution in [0, 0.1) is 0 Å². The molecule has 1 rings (SSSR count). The summed E-state index contributed by atoms with van der Waals surface area (Å²) in [5.41, 5.74) is -1.26. The van der Waals surface area contributed by atoms with Gasteiger partial charge in [-0.3, -0.25) is 4.28 Å². The molecule has 27 heavy (non-hydrogen) atoms. The van der Waals surface area contributed by atoms with E-state index in [1.54, 1.807) is 0 Å². The van der Waals surface area contributed by atoms with Crippen molar-refractivity contribution in [1.82, 2.24) is 0 Å². The van der Waals surface area contributed by atoms with Gasteiger partial charge in [0.15, 0.2) is 0 Å². The predicted molar refractivity (Wildman–Crippen MR) is 93.1 cm³/mol. The summed E-state index contributed by atoms with van der Waals surface area (Å²) < 4.78 is 63.1. The largest absolute Gasteiger partial charge is 0.714 e. The topological polar surface area (TPSA) is 203 Å². The number of oxime groups is 1. The Bertz CT molecular complexity index is 706. The van der Waals surface area contributed by atoms with E-state index in [-0.39, 0.29) is 30.1 Å². The van der Waals surface area contributed by atoms with E-state index in [9.17, 15) is 36.7 Å². The second-order valence-electron chi connectivity index (χ2n) is 5.87. The molecule has 0 radical (unpaired) electrons. The third-order valence-corrected chi connectivity index (χ3v) is 5.95. The Kier molecular flexibility index (Phi) is 9.36. The van der Waals surface area contributed by atoms with E-state index >= 15 is 0 Å². The van der Waals surface area contributed by atoms with Crippen LogP contribution >= 0.6 is 11.8 Å². The molecule has 0 aromatic carbocycles. The van der Waals surface area contributed by atoms with Crippen LogP contribution < -0.4 is 0 Å². The van der Waals surface area contributed by atoms with Gasteiger partial charge >= 0.3 is 0 Å². The molecule has 0 saturated carbocycles. The molecule has 0 aromatic rings. The molecule has 0 aromatic heterocycles. The first-order chi connectivity index (χ1) is 12.3. The Balaban J connectivity index is 2.82. The van der Waals surface area contributed by atoms with E-state index in [4.69, 9.17) is 9.84 Å². The number of hydrogen-bond acceptors (Lipinski definition) is 13. The maximum atomic E-state index is 11.1. The highest BCUT2D eigenvalue weighted by Gasteiger charge is 2.44. The highest BCUT2D eigenvalue weighted by molar-refractivity contribution is 8.14. The molecule has 1 aliphatic heterocycles. The summed E-state index contributed by atoms with van der Waals surface area (Å²) in [6, 6.07) is 0. The molecule has 0 bridgehead atoms. The van der Waals surface area contributed by atoms with E-state index < -0.39 is 56.7 Å². The van der Waals surface area contributed by atoms with Crippen molar-refractivity contribution in [2.75, 3.05) is 18.6 Å². The van der Waals surface area contributed by atoms with Crippen molar-refractivity contribution in [3.63, 3.8) is 0 Å². The standard InChI is InChI=1S/C12H23NO11S3/c1-26(18,19)5-3-2-4-8(13-24-27(20,21)22)25-12-11(17)10(16)9(15)7(6-14)23-12/h7,9-12,14-17H,2-6H2,1H3,(H,20,21,22)/p-1/b13-8-/t7-,9-,10+,11-,12+/m1/s1. The molecule has 1 saturated heterocycles. The number of rotatable bonds is 9. The lowest BCUT2D eigenvalue weighted by molar-refractivity contribution is -0.205. The molecule has 0 aliphatic carbocycles. The summed E-state index contributed by atoms with van der Waals surface area (Å²) in [6.45, 7) is -0.658. The molecule has 1 fully saturated rings. The first-order valence-corrected chi connectivity index (χ1v) is 12.0. The van der Waals surface area contributed by atoms with Gasteiger partial charge in [0.2, 0.25) is 0 Å². The molecule has 12 nitrogen and oxygen atoms in total. The number of unbranched alkanes of at least 4 members (excludes halogenated alkanes) is 1. The zero-order valence-electron chi connectivity index (χ0n) is 14.2. The van der Waals surface area contributed by atoms with E-state index in [0.29, 0.717) is 11.8 Å². The van der Waals surface area contributed by atoms with Crippen molar-refractivity contribution < 1.29 is 50.8 Å². The lowest BCUT2D eigenvalue weighted by Gasteiger charge is -2.39. The van der Waals surface area contributed by atoms with Gasteiger partial charge in [0, 0.05) is 12.0 Å². The van der Waals surface area contributed by atoms with Gasteiger partial charge in [-0.25, -0.2) is 8.42 Å². The van der Waals surface area contributed by atoms with Crippen LogP contribution in [-0.2, 0) is 29.3 Å². The Morgan fingerprint density at radius 3 is 2.30 bits per heavy atom. The van der Waals surface area contributed by atoms with Crippen LogP contribution in [0.15, 0.2) is 5.16 Å². The summed E-state index contributed by atoms with van der Waals surface area (Å²) in [4.78, 5) is 0. The number of aliphatic hydroxyl groups is 4. The van der Waals surface area contributed by atoms with Gasteiger partial charge in [-0.05, 0) is 19.3 Å². The minimum absolute atomic E-state index is 0.00920. The number of ether oxygens (including phenoxy) is 1. The molecule has 15 heteroatoms. The normalized spacial score (nSPS) is 30.3. The SMILES string of the molecule is CS(=O)(=O)CCCC/C(=N/OS(=O)(=O)[O-])S[C@@H]1O[C@H](CO)[C@@H](O)[C@H](O)[C@H]1O. The van der Waals surface area contributed by atoms with Crippen LogP contribution in [0.1, 0.15) is 19.3 Å². The van der Waals surface area contributed by atoms with Crippen molar-refractivity contribution in [1.29, 1.82) is 0 Å². The van der Waals surface area contributed by atoms with Crippen LogP contribution in [0.5, 0.6) is 0 Å². The first kappa shape index (κ1) is 24.5. The number of sulfone groups is 1. The number of hydrogen-bond donors (Lipinski definition) is 4. The van der Waals surface area contributed by atoms with Crippen molar-refractivity contribution in [2.24, 2.45) is 5.16 Å². The second-order valence-corrected chi connectivity index (χ2v) is 10.3. The third-order valence-electron chi connectivity index (χ3n) is 3.49. The predicted octanol–water partition coefficient (Wildman–Crippen LogP) is -2.48. The Morgan fingerprint density at radius 2 is 1.78 bits per heavy atom. The summed E-state index contributed by atoms with van der Waals surface area (Å²) >= 11 is 0.615. The van der Waals surface area contributed by atoms with Gasteiger partial charge in [0.25, 0.3) is 10.4 Å². The number of nitrogens with zero attached hydrogens (tertiary/aromatic N) is 1. The Labute approximate surface area is 161 Å². The Hall–Kier alpha value is -0.520. The minimum atomic E-state index is -5.14. The molecule has 1 aliphatic rings. The van der Waals surface area contributed by atoms with E-state index in [1.165, 1.54) is 0 Å². The van der Waals surface area contributed by atoms with Gasteiger partial charge in [-0.1, -0.05) is 16.9 Å². The molecule has 4 N–H and O–H groups in total. The van der Waals surface area contributed by atoms with Crippen molar-refractivity contribution >= 4 is 37.0 Å². The fourth-order valence-corrected chi connectivity index (χ4v) is 4.22. The van der Waals surface area contributed by atoms with Crippen LogP contribution in [0.2, 0.25) is 0 Å². The lowest BCUT2D eigenvalue weighted by Crippen LogP contribution is -2.57. The average Bonchev–Trinajstić information content (AvgIpc) is 2.54. The maximum Gasteiger partial charge on any atom is 0.284 e. The molecular weight excluding hydrogens is 430 g/mol. The highest BCUT2D eigenvalue weighted by Crippen LogP contribution is 2.30. The van der Waals surface area contributed by atoms with Gasteiger partial charge in [-0.2, -0.15) is 8.42 Å². The summed E-state index contributed by atoms with van der Waals surface area (Å²) in [7, 11) is -8.34. The van der Waals surface area contributed by atoms with E-state index in [2.05, 4.69) is 9.44 Å². The van der Waals surface area contributed by atoms with Crippen LogP contribution in [0.4, 0.5) is 0 Å².